The first kappa shape index (κ1) is 12.3. The van der Waals surface area contributed by atoms with Crippen LogP contribution in [0.5, 0.6) is 11.5 Å². The molecule has 19 heavy (non-hydrogen) atoms. The van der Waals surface area contributed by atoms with Gasteiger partial charge in [-0.3, -0.25) is 4.79 Å². The molecule has 1 aromatic rings. The molecule has 2 aliphatic rings. The minimum Gasteiger partial charge on any atom is -0.497 e. The van der Waals surface area contributed by atoms with Gasteiger partial charge < -0.3 is 14.4 Å². The third-order valence-corrected chi connectivity index (χ3v) is 4.27. The second-order valence-corrected chi connectivity index (χ2v) is 5.34. The van der Waals surface area contributed by atoms with E-state index in [9.17, 15) is 4.79 Å². The molecule has 0 radical (unpaired) electrons. The fourth-order valence-corrected chi connectivity index (χ4v) is 3.31. The van der Waals surface area contributed by atoms with Crippen molar-refractivity contribution in [2.75, 3.05) is 20.8 Å². The molecule has 2 aliphatic heterocycles. The molecule has 1 fully saturated rings. The Kier molecular flexibility index (Phi) is 2.88. The zero-order valence-corrected chi connectivity index (χ0v) is 11.6. The van der Waals surface area contributed by atoms with Crippen LogP contribution >= 0.6 is 0 Å². The van der Waals surface area contributed by atoms with Crippen molar-refractivity contribution in [1.82, 2.24) is 4.90 Å². The molecule has 1 amide bonds. The standard InChI is InChI=1S/C15H19NO3/c1-9-6-12-14-10(4-5-16(12)15(9)17)7-11(18-2)8-13(14)19-3/h7-9,12H,4-6H2,1-3H3/t9-,12-/m0/s1. The van der Waals surface area contributed by atoms with E-state index in [1.807, 2.05) is 17.9 Å². The number of nitrogens with zero attached hydrogens (tertiary/aromatic N) is 1. The molecule has 3 rings (SSSR count). The van der Waals surface area contributed by atoms with Gasteiger partial charge in [-0.2, -0.15) is 0 Å². The van der Waals surface area contributed by atoms with Gasteiger partial charge in [0.2, 0.25) is 5.91 Å². The third kappa shape index (κ3) is 1.78. The van der Waals surface area contributed by atoms with Crippen molar-refractivity contribution in [2.45, 2.75) is 25.8 Å². The molecule has 0 saturated carbocycles. The van der Waals surface area contributed by atoms with E-state index < -0.39 is 0 Å². The van der Waals surface area contributed by atoms with Crippen molar-refractivity contribution >= 4 is 5.91 Å². The molecule has 0 aliphatic carbocycles. The van der Waals surface area contributed by atoms with Crippen molar-refractivity contribution < 1.29 is 14.3 Å². The van der Waals surface area contributed by atoms with Crippen molar-refractivity contribution in [1.29, 1.82) is 0 Å². The van der Waals surface area contributed by atoms with Gasteiger partial charge in [0.25, 0.3) is 0 Å². The Morgan fingerprint density at radius 1 is 1.26 bits per heavy atom. The van der Waals surface area contributed by atoms with E-state index in [0.717, 1.165) is 30.9 Å². The second kappa shape index (κ2) is 4.44. The maximum absolute atomic E-state index is 12.1. The van der Waals surface area contributed by atoms with E-state index in [-0.39, 0.29) is 17.9 Å². The van der Waals surface area contributed by atoms with Crippen molar-refractivity contribution in [3.05, 3.63) is 23.3 Å². The molecule has 0 unspecified atom stereocenters. The zero-order chi connectivity index (χ0) is 13.6. The lowest BCUT2D eigenvalue weighted by Gasteiger charge is -2.33. The van der Waals surface area contributed by atoms with Crippen LogP contribution in [0.2, 0.25) is 0 Å². The molecule has 2 heterocycles. The van der Waals surface area contributed by atoms with Crippen LogP contribution in [0.1, 0.15) is 30.5 Å². The highest BCUT2D eigenvalue weighted by Crippen LogP contribution is 2.46. The summed E-state index contributed by atoms with van der Waals surface area (Å²) in [5.74, 6) is 2.05. The van der Waals surface area contributed by atoms with Gasteiger partial charge in [0.1, 0.15) is 11.5 Å². The lowest BCUT2D eigenvalue weighted by molar-refractivity contribution is -0.131. The highest BCUT2D eigenvalue weighted by molar-refractivity contribution is 5.82. The summed E-state index contributed by atoms with van der Waals surface area (Å²) in [6.45, 7) is 2.81. The van der Waals surface area contributed by atoms with Gasteiger partial charge in [0.15, 0.2) is 0 Å². The molecule has 2 atom stereocenters. The first-order chi connectivity index (χ1) is 9.15. The molecule has 1 aromatic carbocycles. The molecule has 0 aromatic heterocycles. The maximum atomic E-state index is 12.1. The van der Waals surface area contributed by atoms with E-state index in [1.54, 1.807) is 14.2 Å². The van der Waals surface area contributed by atoms with Gasteiger partial charge in [-0.1, -0.05) is 6.92 Å². The monoisotopic (exact) mass is 261 g/mol. The van der Waals surface area contributed by atoms with Crippen LogP contribution in [-0.2, 0) is 11.2 Å². The lowest BCUT2D eigenvalue weighted by Crippen LogP contribution is -2.35. The highest BCUT2D eigenvalue weighted by atomic mass is 16.5. The predicted octanol–water partition coefficient (Wildman–Crippen LogP) is 2.17. The van der Waals surface area contributed by atoms with Gasteiger partial charge >= 0.3 is 0 Å². The predicted molar refractivity (Wildman–Crippen MR) is 71.5 cm³/mol. The SMILES string of the molecule is COc1cc2c(c(OC)c1)[C@@H]1C[C@H](C)C(=O)N1CC2. The van der Waals surface area contributed by atoms with Crippen LogP contribution in [0, 0.1) is 5.92 Å². The quantitative estimate of drug-likeness (QED) is 0.819. The minimum atomic E-state index is 0.114. The summed E-state index contributed by atoms with van der Waals surface area (Å²) in [5, 5.41) is 0. The van der Waals surface area contributed by atoms with Crippen LogP contribution < -0.4 is 9.47 Å². The Balaban J connectivity index is 2.10. The number of rotatable bonds is 2. The van der Waals surface area contributed by atoms with E-state index in [4.69, 9.17) is 9.47 Å². The Bertz CT molecular complexity index is 509. The molecule has 0 N–H and O–H groups in total. The second-order valence-electron chi connectivity index (χ2n) is 5.34. The molecule has 102 valence electrons. The van der Waals surface area contributed by atoms with E-state index in [1.165, 1.54) is 11.1 Å². The van der Waals surface area contributed by atoms with Crippen LogP contribution in [0.3, 0.4) is 0 Å². The van der Waals surface area contributed by atoms with Gasteiger partial charge in [-0.15, -0.1) is 0 Å². The molecule has 0 spiro atoms. The molecule has 4 heteroatoms. The number of amides is 1. The summed E-state index contributed by atoms with van der Waals surface area (Å²) in [5.41, 5.74) is 2.42. The van der Waals surface area contributed by atoms with Gasteiger partial charge in [0.05, 0.1) is 20.3 Å². The van der Waals surface area contributed by atoms with Crippen molar-refractivity contribution in [2.24, 2.45) is 5.92 Å². The van der Waals surface area contributed by atoms with Crippen LogP contribution in [0.15, 0.2) is 12.1 Å². The number of ether oxygens (including phenoxy) is 2. The fourth-order valence-electron chi connectivity index (χ4n) is 3.31. The summed E-state index contributed by atoms with van der Waals surface area (Å²) >= 11 is 0. The number of hydrogen-bond donors (Lipinski definition) is 0. The smallest absolute Gasteiger partial charge is 0.226 e. The first-order valence-electron chi connectivity index (χ1n) is 6.71. The lowest BCUT2D eigenvalue weighted by atomic mass is 9.90. The van der Waals surface area contributed by atoms with Crippen LogP contribution in [0.4, 0.5) is 0 Å². The average Bonchev–Trinajstić information content (AvgIpc) is 2.73. The molecule has 1 saturated heterocycles. The van der Waals surface area contributed by atoms with Crippen LogP contribution in [0.25, 0.3) is 0 Å². The van der Waals surface area contributed by atoms with Crippen molar-refractivity contribution in [3.63, 3.8) is 0 Å². The van der Waals surface area contributed by atoms with Gasteiger partial charge in [-0.25, -0.2) is 0 Å². The molecule has 4 nitrogen and oxygen atoms in total. The summed E-state index contributed by atoms with van der Waals surface area (Å²) in [4.78, 5) is 14.1. The van der Waals surface area contributed by atoms with Gasteiger partial charge in [-0.05, 0) is 24.5 Å². The topological polar surface area (TPSA) is 38.8 Å². The average molecular weight is 261 g/mol. The number of benzene rings is 1. The van der Waals surface area contributed by atoms with Gasteiger partial charge in [0, 0.05) is 24.1 Å². The maximum Gasteiger partial charge on any atom is 0.226 e. The number of carbonyl (C=O) groups is 1. The first-order valence-corrected chi connectivity index (χ1v) is 6.71. The van der Waals surface area contributed by atoms with E-state index >= 15 is 0 Å². The molecular formula is C15H19NO3. The van der Waals surface area contributed by atoms with E-state index in [0.29, 0.717) is 0 Å². The molecular weight excluding hydrogens is 242 g/mol. The summed E-state index contributed by atoms with van der Waals surface area (Å²) in [6.07, 6.45) is 1.76. The van der Waals surface area contributed by atoms with E-state index in [2.05, 4.69) is 6.07 Å². The summed E-state index contributed by atoms with van der Waals surface area (Å²) < 4.78 is 10.8. The Morgan fingerprint density at radius 2 is 2.05 bits per heavy atom. The largest absolute Gasteiger partial charge is 0.497 e. The van der Waals surface area contributed by atoms with Crippen molar-refractivity contribution in [3.8, 4) is 11.5 Å². The number of fused-ring (bicyclic) bond motifs is 3. The molecule has 0 bridgehead atoms. The van der Waals surface area contributed by atoms with Crippen LogP contribution in [-0.4, -0.2) is 31.6 Å². The number of hydrogen-bond acceptors (Lipinski definition) is 3. The fraction of sp³-hybridized carbons (Fsp3) is 0.533. The summed E-state index contributed by atoms with van der Waals surface area (Å²) in [7, 11) is 3.34. The highest BCUT2D eigenvalue weighted by Gasteiger charge is 2.42. The normalized spacial score (nSPS) is 25.0. The Labute approximate surface area is 113 Å². The summed E-state index contributed by atoms with van der Waals surface area (Å²) in [6, 6.07) is 4.16. The minimum absolute atomic E-state index is 0.114. The third-order valence-electron chi connectivity index (χ3n) is 4.27. The Morgan fingerprint density at radius 3 is 2.74 bits per heavy atom. The zero-order valence-electron chi connectivity index (χ0n) is 11.6. The Hall–Kier alpha value is -1.71. The number of methoxy groups -OCH3 is 2. The number of carbonyl (C=O) groups excluding carboxylic acids is 1.